The van der Waals surface area contributed by atoms with Crippen LogP contribution in [0.3, 0.4) is 0 Å². The van der Waals surface area contributed by atoms with Crippen molar-refractivity contribution in [2.24, 2.45) is 0 Å². The number of allylic oxidation sites excluding steroid dienone is 1. The van der Waals surface area contributed by atoms with Crippen molar-refractivity contribution in [1.82, 2.24) is 10.2 Å². The van der Waals surface area contributed by atoms with E-state index in [1.54, 1.807) is 0 Å². The van der Waals surface area contributed by atoms with Gasteiger partial charge in [-0.15, -0.1) is 31.4 Å². The third kappa shape index (κ3) is 6.86. The second kappa shape index (κ2) is 12.8. The third-order valence-corrected chi connectivity index (χ3v) is 4.75. The SMILES string of the molecule is C=CCC[C@H](c1ccccc1OCc1ccccc1)N1CCNCC1.Cl.Cl. The number of rotatable bonds is 8. The molecule has 0 radical (unpaired) electrons. The third-order valence-electron chi connectivity index (χ3n) is 4.75. The summed E-state index contributed by atoms with van der Waals surface area (Å²) < 4.78 is 6.21. The Morgan fingerprint density at radius 3 is 2.37 bits per heavy atom. The number of piperazine rings is 1. The fraction of sp³-hybridized carbons (Fsp3) is 0.364. The number of nitrogens with zero attached hydrogens (tertiary/aromatic N) is 1. The maximum absolute atomic E-state index is 6.21. The van der Waals surface area contributed by atoms with Crippen LogP contribution < -0.4 is 10.1 Å². The van der Waals surface area contributed by atoms with Crippen LogP contribution in [0.15, 0.2) is 67.3 Å². The Bertz CT molecular complexity index is 660. The normalized spacial score (nSPS) is 15.1. The van der Waals surface area contributed by atoms with Gasteiger partial charge in [0, 0.05) is 37.8 Å². The van der Waals surface area contributed by atoms with Gasteiger partial charge >= 0.3 is 0 Å². The lowest BCUT2D eigenvalue weighted by Gasteiger charge is -2.36. The maximum atomic E-state index is 6.21. The summed E-state index contributed by atoms with van der Waals surface area (Å²) in [6, 6.07) is 19.2. The van der Waals surface area contributed by atoms with Crippen LogP contribution in [0.2, 0.25) is 0 Å². The van der Waals surface area contributed by atoms with Crippen molar-refractivity contribution >= 4 is 24.8 Å². The fourth-order valence-corrected chi connectivity index (χ4v) is 3.43. The second-order valence-corrected chi connectivity index (χ2v) is 6.48. The molecule has 0 aromatic heterocycles. The first-order valence-electron chi connectivity index (χ1n) is 9.20. The molecule has 1 aliphatic heterocycles. The zero-order valence-corrected chi connectivity index (χ0v) is 17.3. The highest BCUT2D eigenvalue weighted by Crippen LogP contribution is 2.33. The topological polar surface area (TPSA) is 24.5 Å². The first-order chi connectivity index (χ1) is 12.4. The molecule has 0 unspecified atom stereocenters. The van der Waals surface area contributed by atoms with Gasteiger partial charge in [0.05, 0.1) is 0 Å². The molecule has 148 valence electrons. The Kier molecular flexibility index (Phi) is 11.1. The summed E-state index contributed by atoms with van der Waals surface area (Å²) in [5.74, 6) is 0.999. The van der Waals surface area contributed by atoms with Gasteiger partial charge in [-0.05, 0) is 24.5 Å². The molecule has 5 heteroatoms. The van der Waals surface area contributed by atoms with Gasteiger partial charge in [0.15, 0.2) is 0 Å². The standard InChI is InChI=1S/C22H28N2O.2ClH/c1-2-3-12-21(24-16-14-23-15-17-24)20-11-7-8-13-22(20)25-18-19-9-5-4-6-10-19;;/h2,4-11,13,21,23H,1,3,12,14-18H2;2*1H/t21-;;/m1../s1. The molecule has 3 rings (SSSR count). The highest BCUT2D eigenvalue weighted by atomic mass is 35.5. The number of halogens is 2. The van der Waals surface area contributed by atoms with Gasteiger partial charge < -0.3 is 10.1 Å². The summed E-state index contributed by atoms with van der Waals surface area (Å²) >= 11 is 0. The van der Waals surface area contributed by atoms with E-state index in [1.165, 1.54) is 11.1 Å². The van der Waals surface area contributed by atoms with E-state index in [4.69, 9.17) is 4.74 Å². The minimum Gasteiger partial charge on any atom is -0.489 e. The minimum absolute atomic E-state index is 0. The van der Waals surface area contributed by atoms with Gasteiger partial charge in [0.25, 0.3) is 0 Å². The first-order valence-corrected chi connectivity index (χ1v) is 9.20. The lowest BCUT2D eigenvalue weighted by Crippen LogP contribution is -2.45. The smallest absolute Gasteiger partial charge is 0.124 e. The Balaban J connectivity index is 0.00000182. The molecule has 27 heavy (non-hydrogen) atoms. The summed E-state index contributed by atoms with van der Waals surface area (Å²) in [7, 11) is 0. The highest BCUT2D eigenvalue weighted by Gasteiger charge is 2.24. The molecule has 1 atom stereocenters. The quantitative estimate of drug-likeness (QED) is 0.620. The summed E-state index contributed by atoms with van der Waals surface area (Å²) in [5, 5.41) is 3.45. The lowest BCUT2D eigenvalue weighted by molar-refractivity contribution is 0.161. The summed E-state index contributed by atoms with van der Waals surface area (Å²) in [4.78, 5) is 2.57. The zero-order chi connectivity index (χ0) is 17.3. The first kappa shape index (κ1) is 23.5. The Morgan fingerprint density at radius 2 is 1.67 bits per heavy atom. The van der Waals surface area contributed by atoms with Gasteiger partial charge in [0.2, 0.25) is 0 Å². The van der Waals surface area contributed by atoms with Crippen LogP contribution in [0.5, 0.6) is 5.75 Å². The van der Waals surface area contributed by atoms with Gasteiger partial charge in [-0.1, -0.05) is 54.6 Å². The molecule has 0 spiro atoms. The van der Waals surface area contributed by atoms with E-state index >= 15 is 0 Å². The maximum Gasteiger partial charge on any atom is 0.124 e. The number of ether oxygens (including phenoxy) is 1. The molecule has 3 nitrogen and oxygen atoms in total. The van der Waals surface area contributed by atoms with Crippen molar-refractivity contribution in [3.05, 3.63) is 78.4 Å². The van der Waals surface area contributed by atoms with Crippen molar-refractivity contribution in [3.8, 4) is 5.75 Å². The van der Waals surface area contributed by atoms with Crippen LogP contribution in [-0.4, -0.2) is 31.1 Å². The van der Waals surface area contributed by atoms with E-state index in [9.17, 15) is 0 Å². The number of hydrogen-bond donors (Lipinski definition) is 1. The molecular formula is C22H30Cl2N2O. The van der Waals surface area contributed by atoms with Crippen molar-refractivity contribution in [2.45, 2.75) is 25.5 Å². The van der Waals surface area contributed by atoms with Gasteiger partial charge in [-0.3, -0.25) is 4.90 Å². The molecule has 1 saturated heterocycles. The van der Waals surface area contributed by atoms with E-state index in [0.29, 0.717) is 12.6 Å². The predicted molar refractivity (Wildman–Crippen MR) is 118 cm³/mol. The van der Waals surface area contributed by atoms with Gasteiger partial charge in [-0.2, -0.15) is 0 Å². The number of benzene rings is 2. The molecule has 0 saturated carbocycles. The molecule has 1 N–H and O–H groups in total. The van der Waals surface area contributed by atoms with Gasteiger partial charge in [0.1, 0.15) is 12.4 Å². The van der Waals surface area contributed by atoms with Crippen molar-refractivity contribution < 1.29 is 4.74 Å². The van der Waals surface area contributed by atoms with Crippen LogP contribution >= 0.6 is 24.8 Å². The highest BCUT2D eigenvalue weighted by molar-refractivity contribution is 5.85. The second-order valence-electron chi connectivity index (χ2n) is 6.48. The Morgan fingerprint density at radius 1 is 1.00 bits per heavy atom. The van der Waals surface area contributed by atoms with Crippen molar-refractivity contribution in [3.63, 3.8) is 0 Å². The average Bonchev–Trinajstić information content (AvgIpc) is 2.69. The Labute approximate surface area is 175 Å². The van der Waals surface area contributed by atoms with E-state index in [-0.39, 0.29) is 24.8 Å². The van der Waals surface area contributed by atoms with E-state index in [1.807, 2.05) is 12.1 Å². The summed E-state index contributed by atoms with van der Waals surface area (Å²) in [6.45, 7) is 8.78. The largest absolute Gasteiger partial charge is 0.489 e. The van der Waals surface area contributed by atoms with Crippen LogP contribution in [-0.2, 0) is 6.61 Å². The molecule has 0 bridgehead atoms. The number of nitrogens with one attached hydrogen (secondary N) is 1. The molecule has 1 fully saturated rings. The van der Waals surface area contributed by atoms with Crippen LogP contribution in [0.25, 0.3) is 0 Å². The molecule has 2 aromatic rings. The average molecular weight is 409 g/mol. The molecule has 1 heterocycles. The monoisotopic (exact) mass is 408 g/mol. The molecule has 2 aromatic carbocycles. The summed E-state index contributed by atoms with van der Waals surface area (Å²) in [5.41, 5.74) is 2.49. The van der Waals surface area contributed by atoms with Crippen LogP contribution in [0.1, 0.15) is 30.0 Å². The Hall–Kier alpha value is -1.52. The van der Waals surface area contributed by atoms with Gasteiger partial charge in [-0.25, -0.2) is 0 Å². The van der Waals surface area contributed by atoms with Crippen molar-refractivity contribution in [1.29, 1.82) is 0 Å². The predicted octanol–water partition coefficient (Wildman–Crippen LogP) is 5.02. The number of para-hydroxylation sites is 1. The molecule has 1 aliphatic rings. The molecular weight excluding hydrogens is 379 g/mol. The zero-order valence-electron chi connectivity index (χ0n) is 15.7. The van der Waals surface area contributed by atoms with Crippen LogP contribution in [0, 0.1) is 0 Å². The van der Waals surface area contributed by atoms with Crippen LogP contribution in [0.4, 0.5) is 0 Å². The molecule has 0 aliphatic carbocycles. The molecule has 0 amide bonds. The van der Waals surface area contributed by atoms with E-state index in [0.717, 1.165) is 44.8 Å². The minimum atomic E-state index is 0. The van der Waals surface area contributed by atoms with E-state index in [2.05, 4.69) is 65.3 Å². The fourth-order valence-electron chi connectivity index (χ4n) is 3.43. The van der Waals surface area contributed by atoms with Crippen molar-refractivity contribution in [2.75, 3.05) is 26.2 Å². The lowest BCUT2D eigenvalue weighted by atomic mass is 9.98. The van der Waals surface area contributed by atoms with E-state index < -0.39 is 0 Å². The summed E-state index contributed by atoms with van der Waals surface area (Å²) in [6.07, 6.45) is 4.11. The number of hydrogen-bond acceptors (Lipinski definition) is 3.